The van der Waals surface area contributed by atoms with Gasteiger partial charge in [-0.2, -0.15) is 8.42 Å². The summed E-state index contributed by atoms with van der Waals surface area (Å²) in [5.74, 6) is -4.68. The second kappa shape index (κ2) is 6.82. The predicted octanol–water partition coefficient (Wildman–Crippen LogP) is 1.29. The van der Waals surface area contributed by atoms with Crippen LogP contribution in [0.15, 0.2) is 41.3 Å². The zero-order chi connectivity index (χ0) is 19.6. The lowest BCUT2D eigenvalue weighted by Gasteiger charge is -2.11. The van der Waals surface area contributed by atoms with Gasteiger partial charge >= 0.3 is 11.9 Å². The van der Waals surface area contributed by atoms with E-state index in [9.17, 15) is 27.9 Å². The number of carbonyl (C=O) groups is 3. The van der Waals surface area contributed by atoms with Gasteiger partial charge in [0.15, 0.2) is 5.75 Å². The quantitative estimate of drug-likeness (QED) is 0.377. The molecule has 26 heavy (non-hydrogen) atoms. The maximum Gasteiger partial charge on any atom is 0.339 e. The summed E-state index contributed by atoms with van der Waals surface area (Å²) in [6.45, 7) is 0. The molecule has 5 N–H and O–H groups in total. The molecule has 10 nitrogen and oxygen atoms in total. The summed E-state index contributed by atoms with van der Waals surface area (Å²) in [6.07, 6.45) is 0. The Morgan fingerprint density at radius 1 is 0.885 bits per heavy atom. The maximum atomic E-state index is 12.2. The molecule has 2 aromatic carbocycles. The summed E-state index contributed by atoms with van der Waals surface area (Å²) in [4.78, 5) is 33.2. The number of nitrogens with one attached hydrogen (secondary N) is 1. The van der Waals surface area contributed by atoms with Crippen molar-refractivity contribution in [2.75, 3.05) is 5.32 Å². The van der Waals surface area contributed by atoms with Crippen LogP contribution < -0.4 is 5.32 Å². The molecule has 0 fully saturated rings. The molecular formula is C15H11NO9S. The van der Waals surface area contributed by atoms with Crippen molar-refractivity contribution in [1.82, 2.24) is 0 Å². The van der Waals surface area contributed by atoms with Crippen LogP contribution in [0.5, 0.6) is 5.75 Å². The average Bonchev–Trinajstić information content (AvgIpc) is 2.55. The lowest BCUT2D eigenvalue weighted by Crippen LogP contribution is -2.14. The number of aromatic carboxylic acids is 2. The molecule has 0 radical (unpaired) electrons. The van der Waals surface area contributed by atoms with Crippen molar-refractivity contribution in [3.63, 3.8) is 0 Å². The maximum absolute atomic E-state index is 12.2. The summed E-state index contributed by atoms with van der Waals surface area (Å²) in [7, 11) is -4.80. The molecule has 2 aromatic rings. The van der Waals surface area contributed by atoms with Gasteiger partial charge in [-0.05, 0) is 36.4 Å². The number of carboxylic acid groups (broad SMARTS) is 2. The first-order valence-electron chi connectivity index (χ1n) is 6.73. The van der Waals surface area contributed by atoms with Gasteiger partial charge < -0.3 is 20.6 Å². The molecule has 0 heterocycles. The molecule has 0 aliphatic heterocycles. The highest BCUT2D eigenvalue weighted by atomic mass is 32.2. The SMILES string of the molecule is O=C(O)c1ccc(C(=O)Nc2cc(S(=O)(=O)O)cc(C(=O)O)c2O)cc1. The smallest absolute Gasteiger partial charge is 0.339 e. The van der Waals surface area contributed by atoms with Gasteiger partial charge in [0.05, 0.1) is 16.1 Å². The van der Waals surface area contributed by atoms with E-state index in [0.29, 0.717) is 12.1 Å². The van der Waals surface area contributed by atoms with Crippen LogP contribution in [0.1, 0.15) is 31.1 Å². The van der Waals surface area contributed by atoms with E-state index < -0.39 is 49.9 Å². The van der Waals surface area contributed by atoms with Gasteiger partial charge in [-0.1, -0.05) is 0 Å². The van der Waals surface area contributed by atoms with Crippen molar-refractivity contribution >= 4 is 33.7 Å². The molecule has 0 bridgehead atoms. The topological polar surface area (TPSA) is 178 Å². The normalized spacial score (nSPS) is 11.0. The van der Waals surface area contributed by atoms with Crippen molar-refractivity contribution in [2.45, 2.75) is 4.90 Å². The Morgan fingerprint density at radius 3 is 1.88 bits per heavy atom. The molecule has 0 atom stereocenters. The van der Waals surface area contributed by atoms with Crippen molar-refractivity contribution in [3.8, 4) is 5.75 Å². The largest absolute Gasteiger partial charge is 0.505 e. The third kappa shape index (κ3) is 3.96. The van der Waals surface area contributed by atoms with Crippen molar-refractivity contribution < 1.29 is 42.7 Å². The van der Waals surface area contributed by atoms with E-state index in [2.05, 4.69) is 5.32 Å². The van der Waals surface area contributed by atoms with Crippen LogP contribution in [0, 0.1) is 0 Å². The number of anilines is 1. The number of benzene rings is 2. The summed E-state index contributed by atoms with van der Waals surface area (Å²) >= 11 is 0. The fourth-order valence-electron chi connectivity index (χ4n) is 1.97. The number of rotatable bonds is 5. The van der Waals surface area contributed by atoms with Gasteiger partial charge in [-0.15, -0.1) is 0 Å². The fraction of sp³-hybridized carbons (Fsp3) is 0. The van der Waals surface area contributed by atoms with Crippen molar-refractivity contribution in [2.24, 2.45) is 0 Å². The summed E-state index contributed by atoms with van der Waals surface area (Å²) < 4.78 is 31.6. The lowest BCUT2D eigenvalue weighted by atomic mass is 10.1. The number of aromatic hydroxyl groups is 1. The molecule has 0 aliphatic carbocycles. The lowest BCUT2D eigenvalue weighted by molar-refractivity contribution is 0.0684. The van der Waals surface area contributed by atoms with Crippen LogP contribution in [0.4, 0.5) is 5.69 Å². The Balaban J connectivity index is 2.44. The molecule has 11 heteroatoms. The molecule has 0 aromatic heterocycles. The number of amides is 1. The van der Waals surface area contributed by atoms with Gasteiger partial charge in [0.25, 0.3) is 16.0 Å². The minimum Gasteiger partial charge on any atom is -0.505 e. The molecule has 0 unspecified atom stereocenters. The van der Waals surface area contributed by atoms with E-state index in [1.807, 2.05) is 0 Å². The van der Waals surface area contributed by atoms with Gasteiger partial charge in [-0.3, -0.25) is 9.35 Å². The molecule has 136 valence electrons. The second-order valence-electron chi connectivity index (χ2n) is 4.98. The summed E-state index contributed by atoms with van der Waals surface area (Å²) in [6, 6.07) is 5.84. The van der Waals surface area contributed by atoms with Gasteiger partial charge in [0.2, 0.25) is 0 Å². The Morgan fingerprint density at radius 2 is 1.42 bits per heavy atom. The molecular weight excluding hydrogens is 370 g/mol. The third-order valence-electron chi connectivity index (χ3n) is 3.25. The first kappa shape index (κ1) is 18.9. The van der Waals surface area contributed by atoms with E-state index >= 15 is 0 Å². The average molecular weight is 381 g/mol. The zero-order valence-corrected chi connectivity index (χ0v) is 13.5. The molecule has 0 aliphatic rings. The Labute approximate surface area is 146 Å². The standard InChI is InChI=1S/C15H11NO9S/c17-12-10(15(21)22)5-9(26(23,24)25)6-11(12)16-13(18)7-1-3-8(4-2-7)14(19)20/h1-6,17H,(H,16,18)(H,19,20)(H,21,22)(H,23,24,25). The molecule has 2 rings (SSSR count). The van der Waals surface area contributed by atoms with Crippen LogP contribution in [0.2, 0.25) is 0 Å². The molecule has 0 saturated carbocycles. The van der Waals surface area contributed by atoms with Crippen LogP contribution >= 0.6 is 0 Å². The number of hydrogen-bond acceptors (Lipinski definition) is 6. The number of phenols is 1. The van der Waals surface area contributed by atoms with Crippen LogP contribution in [0.25, 0.3) is 0 Å². The monoisotopic (exact) mass is 381 g/mol. The highest BCUT2D eigenvalue weighted by Gasteiger charge is 2.22. The first-order valence-corrected chi connectivity index (χ1v) is 8.17. The fourth-order valence-corrected chi connectivity index (χ4v) is 2.51. The number of carboxylic acids is 2. The third-order valence-corrected chi connectivity index (χ3v) is 4.09. The molecule has 0 saturated heterocycles. The van der Waals surface area contributed by atoms with Gasteiger partial charge in [0.1, 0.15) is 5.56 Å². The Kier molecular flexibility index (Phi) is 4.95. The molecule has 1 amide bonds. The zero-order valence-electron chi connectivity index (χ0n) is 12.7. The highest BCUT2D eigenvalue weighted by Crippen LogP contribution is 2.31. The van der Waals surface area contributed by atoms with E-state index in [-0.39, 0.29) is 11.1 Å². The predicted molar refractivity (Wildman–Crippen MR) is 86.2 cm³/mol. The Bertz CT molecular complexity index is 1010. The first-order chi connectivity index (χ1) is 12.0. The second-order valence-corrected chi connectivity index (χ2v) is 6.41. The number of hydrogen-bond donors (Lipinski definition) is 5. The summed E-state index contributed by atoms with van der Waals surface area (Å²) in [5.41, 5.74) is -1.53. The van der Waals surface area contributed by atoms with Crippen molar-refractivity contribution in [1.29, 1.82) is 0 Å². The Hall–Kier alpha value is -3.44. The van der Waals surface area contributed by atoms with Crippen LogP contribution in [-0.2, 0) is 10.1 Å². The minimum absolute atomic E-state index is 0.0384. The van der Waals surface area contributed by atoms with E-state index in [0.717, 1.165) is 12.1 Å². The van der Waals surface area contributed by atoms with Gasteiger partial charge in [-0.25, -0.2) is 9.59 Å². The minimum atomic E-state index is -4.80. The molecule has 0 spiro atoms. The highest BCUT2D eigenvalue weighted by molar-refractivity contribution is 7.85. The van der Waals surface area contributed by atoms with Gasteiger partial charge in [0, 0.05) is 5.56 Å². The van der Waals surface area contributed by atoms with E-state index in [4.69, 9.17) is 14.8 Å². The summed E-state index contributed by atoms with van der Waals surface area (Å²) in [5, 5.41) is 29.8. The van der Waals surface area contributed by atoms with Crippen molar-refractivity contribution in [3.05, 3.63) is 53.1 Å². The number of carbonyl (C=O) groups excluding carboxylic acids is 1. The van der Waals surface area contributed by atoms with Crippen LogP contribution in [-0.4, -0.2) is 46.1 Å². The van der Waals surface area contributed by atoms with Crippen LogP contribution in [0.3, 0.4) is 0 Å². The van der Waals surface area contributed by atoms with E-state index in [1.54, 1.807) is 0 Å². The van der Waals surface area contributed by atoms with E-state index in [1.165, 1.54) is 12.1 Å².